The Bertz CT molecular complexity index is 1210. The molecule has 0 saturated heterocycles. The Kier molecular flexibility index (Phi) is 6.27. The molecule has 4 heterocycles. The number of rotatable bonds is 8. The zero-order valence-electron chi connectivity index (χ0n) is 18.8. The first kappa shape index (κ1) is 23.3. The van der Waals surface area contributed by atoms with Crippen LogP contribution in [0.15, 0.2) is 41.5 Å². The Morgan fingerprint density at radius 2 is 2.15 bits per heavy atom. The number of aromatic nitrogens is 3. The summed E-state index contributed by atoms with van der Waals surface area (Å²) in [7, 11) is 0. The number of hydrogen-bond acceptors (Lipinski definition) is 7. The molecule has 9 nitrogen and oxygen atoms in total. The zero-order chi connectivity index (χ0) is 24.5. The SMILES string of the molecule is Cc1cc(C(C)N2Cc3c(ccnc3NC(=O)Cc3cnco3)C2=O)cnc1OCC(C)(F)F. The molecule has 11 heteroatoms. The van der Waals surface area contributed by atoms with Crippen molar-refractivity contribution in [3.8, 4) is 5.88 Å². The van der Waals surface area contributed by atoms with Gasteiger partial charge in [-0.15, -0.1) is 0 Å². The maximum Gasteiger partial charge on any atom is 0.278 e. The van der Waals surface area contributed by atoms with E-state index >= 15 is 0 Å². The number of amides is 2. The number of hydrogen-bond donors (Lipinski definition) is 1. The highest BCUT2D eigenvalue weighted by atomic mass is 19.3. The van der Waals surface area contributed by atoms with E-state index in [4.69, 9.17) is 9.15 Å². The lowest BCUT2D eigenvalue weighted by Gasteiger charge is -2.25. The van der Waals surface area contributed by atoms with Gasteiger partial charge in [0.2, 0.25) is 11.8 Å². The van der Waals surface area contributed by atoms with E-state index in [1.54, 1.807) is 24.0 Å². The molecule has 0 fully saturated rings. The molecule has 1 aliphatic rings. The molecule has 1 atom stereocenters. The van der Waals surface area contributed by atoms with Gasteiger partial charge in [0.1, 0.15) is 11.6 Å². The van der Waals surface area contributed by atoms with E-state index in [2.05, 4.69) is 20.3 Å². The minimum Gasteiger partial charge on any atom is -0.471 e. The number of anilines is 1. The van der Waals surface area contributed by atoms with E-state index < -0.39 is 12.5 Å². The standard InChI is InChI=1S/C23H23F2N5O4/c1-13-6-15(8-28-21(13)33-11-23(3,24)25)14(2)30-10-18-17(22(30)32)4-5-27-20(18)29-19(31)7-16-9-26-12-34-16/h4-6,8-9,12,14H,7,10-11H2,1-3H3,(H,27,29,31). The van der Waals surface area contributed by atoms with Crippen LogP contribution in [0.2, 0.25) is 0 Å². The summed E-state index contributed by atoms with van der Waals surface area (Å²) in [4.78, 5) is 39.3. The molecular weight excluding hydrogens is 448 g/mol. The zero-order valence-corrected chi connectivity index (χ0v) is 18.8. The normalized spacial score (nSPS) is 14.1. The van der Waals surface area contributed by atoms with Crippen LogP contribution in [0.25, 0.3) is 0 Å². The van der Waals surface area contributed by atoms with Crippen molar-refractivity contribution in [2.45, 2.75) is 45.7 Å². The van der Waals surface area contributed by atoms with Crippen molar-refractivity contribution in [3.63, 3.8) is 0 Å². The van der Waals surface area contributed by atoms with E-state index in [0.717, 1.165) is 12.5 Å². The predicted molar refractivity (Wildman–Crippen MR) is 116 cm³/mol. The lowest BCUT2D eigenvalue weighted by Crippen LogP contribution is -2.27. The molecule has 1 N–H and O–H groups in total. The Balaban J connectivity index is 1.49. The summed E-state index contributed by atoms with van der Waals surface area (Å²) in [6.07, 6.45) is 5.66. The third-order valence-corrected chi connectivity index (χ3v) is 5.42. The fourth-order valence-electron chi connectivity index (χ4n) is 3.67. The van der Waals surface area contributed by atoms with Crippen LogP contribution in [0.4, 0.5) is 14.6 Å². The highest BCUT2D eigenvalue weighted by Gasteiger charge is 2.34. The molecule has 0 aliphatic carbocycles. The molecule has 34 heavy (non-hydrogen) atoms. The summed E-state index contributed by atoms with van der Waals surface area (Å²) in [5.41, 5.74) is 2.37. The largest absolute Gasteiger partial charge is 0.471 e. The second-order valence-electron chi connectivity index (χ2n) is 8.24. The first-order valence-electron chi connectivity index (χ1n) is 10.6. The molecule has 0 bridgehead atoms. The highest BCUT2D eigenvalue weighted by Crippen LogP contribution is 2.34. The molecule has 4 rings (SSSR count). The van der Waals surface area contributed by atoms with Crippen LogP contribution in [0.5, 0.6) is 5.88 Å². The number of nitrogens with zero attached hydrogens (tertiary/aromatic N) is 4. The molecule has 1 unspecified atom stereocenters. The summed E-state index contributed by atoms with van der Waals surface area (Å²) in [6, 6.07) is 3.00. The number of ether oxygens (including phenoxy) is 1. The van der Waals surface area contributed by atoms with Gasteiger partial charge in [0.15, 0.2) is 13.0 Å². The molecule has 0 saturated carbocycles. The minimum absolute atomic E-state index is 0.0112. The number of carbonyl (C=O) groups excluding carboxylic acids is 2. The Morgan fingerprint density at radius 3 is 2.82 bits per heavy atom. The van der Waals surface area contributed by atoms with Gasteiger partial charge in [0.05, 0.1) is 25.2 Å². The van der Waals surface area contributed by atoms with Crippen LogP contribution in [-0.4, -0.2) is 44.2 Å². The Labute approximate surface area is 194 Å². The van der Waals surface area contributed by atoms with Crippen molar-refractivity contribution < 1.29 is 27.5 Å². The maximum atomic E-state index is 13.1. The van der Waals surface area contributed by atoms with Crippen molar-refractivity contribution in [1.82, 2.24) is 19.9 Å². The molecule has 0 radical (unpaired) electrons. The summed E-state index contributed by atoms with van der Waals surface area (Å²) < 4.78 is 36.4. The van der Waals surface area contributed by atoms with E-state index in [1.807, 2.05) is 6.92 Å². The average molecular weight is 471 g/mol. The van der Waals surface area contributed by atoms with Gasteiger partial charge in [0, 0.05) is 36.0 Å². The van der Waals surface area contributed by atoms with E-state index in [1.165, 1.54) is 25.0 Å². The van der Waals surface area contributed by atoms with E-state index in [-0.39, 0.29) is 36.7 Å². The number of fused-ring (bicyclic) bond motifs is 1. The Morgan fingerprint density at radius 1 is 1.35 bits per heavy atom. The molecule has 1 aliphatic heterocycles. The van der Waals surface area contributed by atoms with Gasteiger partial charge >= 0.3 is 0 Å². The molecule has 0 aromatic carbocycles. The van der Waals surface area contributed by atoms with Crippen LogP contribution in [0.3, 0.4) is 0 Å². The number of oxazole rings is 1. The molecular formula is C23H23F2N5O4. The van der Waals surface area contributed by atoms with Crippen molar-refractivity contribution in [1.29, 1.82) is 0 Å². The highest BCUT2D eigenvalue weighted by molar-refractivity contribution is 6.01. The summed E-state index contributed by atoms with van der Waals surface area (Å²) in [5.74, 6) is -2.68. The van der Waals surface area contributed by atoms with Gasteiger partial charge in [-0.25, -0.2) is 23.7 Å². The van der Waals surface area contributed by atoms with Crippen molar-refractivity contribution in [2.75, 3.05) is 11.9 Å². The van der Waals surface area contributed by atoms with Crippen LogP contribution in [0.1, 0.15) is 52.7 Å². The third kappa shape index (κ3) is 5.03. The van der Waals surface area contributed by atoms with Gasteiger partial charge in [-0.2, -0.15) is 0 Å². The topological polar surface area (TPSA) is 110 Å². The predicted octanol–water partition coefficient (Wildman–Crippen LogP) is 3.71. The number of alkyl halides is 2. The number of aryl methyl sites for hydroxylation is 1. The van der Waals surface area contributed by atoms with Crippen LogP contribution in [0, 0.1) is 6.92 Å². The summed E-state index contributed by atoms with van der Waals surface area (Å²) in [6.45, 7) is 3.79. The van der Waals surface area contributed by atoms with E-state index in [9.17, 15) is 18.4 Å². The van der Waals surface area contributed by atoms with Gasteiger partial charge in [0.25, 0.3) is 11.8 Å². The number of halogens is 2. The van der Waals surface area contributed by atoms with Gasteiger partial charge in [-0.3, -0.25) is 9.59 Å². The third-order valence-electron chi connectivity index (χ3n) is 5.42. The van der Waals surface area contributed by atoms with Gasteiger partial charge < -0.3 is 19.4 Å². The van der Waals surface area contributed by atoms with Crippen molar-refractivity contribution in [3.05, 3.63) is 65.1 Å². The second-order valence-corrected chi connectivity index (χ2v) is 8.24. The average Bonchev–Trinajstić information content (AvgIpc) is 3.40. The summed E-state index contributed by atoms with van der Waals surface area (Å²) in [5, 5.41) is 2.74. The smallest absolute Gasteiger partial charge is 0.278 e. The van der Waals surface area contributed by atoms with E-state index in [0.29, 0.717) is 28.3 Å². The van der Waals surface area contributed by atoms with Crippen molar-refractivity contribution in [2.24, 2.45) is 0 Å². The van der Waals surface area contributed by atoms with Gasteiger partial charge in [-0.1, -0.05) is 0 Å². The fourth-order valence-corrected chi connectivity index (χ4v) is 3.67. The molecule has 178 valence electrons. The monoisotopic (exact) mass is 471 g/mol. The number of pyridine rings is 2. The lowest BCUT2D eigenvalue weighted by molar-refractivity contribution is -0.115. The van der Waals surface area contributed by atoms with Crippen molar-refractivity contribution >= 4 is 17.6 Å². The number of carbonyl (C=O) groups is 2. The van der Waals surface area contributed by atoms with Crippen LogP contribution < -0.4 is 10.1 Å². The molecule has 0 spiro atoms. The summed E-state index contributed by atoms with van der Waals surface area (Å²) >= 11 is 0. The minimum atomic E-state index is -2.97. The van der Waals surface area contributed by atoms with Crippen LogP contribution >= 0.6 is 0 Å². The lowest BCUT2D eigenvalue weighted by atomic mass is 10.1. The first-order valence-corrected chi connectivity index (χ1v) is 10.6. The Hall–Kier alpha value is -3.89. The second kappa shape index (κ2) is 9.16. The number of nitrogens with one attached hydrogen (secondary N) is 1. The fraction of sp³-hybridized carbons (Fsp3) is 0.348. The first-order chi connectivity index (χ1) is 16.1. The quantitative estimate of drug-likeness (QED) is 0.533. The molecule has 3 aromatic rings. The molecule has 2 amide bonds. The maximum absolute atomic E-state index is 13.1. The molecule has 3 aromatic heterocycles. The van der Waals surface area contributed by atoms with Gasteiger partial charge in [-0.05, 0) is 31.5 Å². The van der Waals surface area contributed by atoms with Crippen LogP contribution in [-0.2, 0) is 17.8 Å².